The first-order chi connectivity index (χ1) is 11.4. The molecule has 126 valence electrons. The molecular formula is C17H17FN2O3S. The third kappa shape index (κ3) is 4.66. The molecule has 0 heterocycles. The van der Waals surface area contributed by atoms with E-state index in [1.54, 1.807) is 24.3 Å². The molecular weight excluding hydrogens is 331 g/mol. The number of rotatable bonds is 6. The molecule has 2 aromatic rings. The molecule has 0 unspecified atom stereocenters. The van der Waals surface area contributed by atoms with Gasteiger partial charge in [0.25, 0.3) is 10.0 Å². The minimum atomic E-state index is -3.97. The number of amides is 1. The van der Waals surface area contributed by atoms with Gasteiger partial charge in [-0.25, -0.2) is 12.8 Å². The molecule has 2 aromatic carbocycles. The van der Waals surface area contributed by atoms with E-state index < -0.39 is 28.3 Å². The lowest BCUT2D eigenvalue weighted by molar-refractivity contribution is -0.119. The number of hydrogen-bond donors (Lipinski definition) is 1. The number of nitrogens with zero attached hydrogens (tertiary/aromatic N) is 1. The van der Waals surface area contributed by atoms with Crippen molar-refractivity contribution in [2.45, 2.75) is 0 Å². The smallest absolute Gasteiger partial charge is 0.257 e. The molecule has 1 N–H and O–H groups in total. The van der Waals surface area contributed by atoms with E-state index in [9.17, 15) is 17.6 Å². The van der Waals surface area contributed by atoms with Crippen LogP contribution in [0, 0.1) is 5.82 Å². The van der Waals surface area contributed by atoms with Crippen molar-refractivity contribution in [1.82, 2.24) is 5.32 Å². The molecule has 0 aliphatic heterocycles. The summed E-state index contributed by atoms with van der Waals surface area (Å²) in [7, 11) is -2.57. The van der Waals surface area contributed by atoms with Crippen molar-refractivity contribution in [3.05, 3.63) is 71.4 Å². The molecule has 24 heavy (non-hydrogen) atoms. The van der Waals surface area contributed by atoms with Crippen molar-refractivity contribution in [3.63, 3.8) is 0 Å². The SMILES string of the molecule is CNC(=O)CN(c1cccc(F)c1)S(=O)(=O)C=Cc1ccccc1. The van der Waals surface area contributed by atoms with Crippen LogP contribution in [0.4, 0.5) is 10.1 Å². The van der Waals surface area contributed by atoms with Gasteiger partial charge < -0.3 is 5.32 Å². The second-order valence-electron chi connectivity index (χ2n) is 4.92. The molecule has 0 saturated heterocycles. The topological polar surface area (TPSA) is 66.5 Å². The fraction of sp³-hybridized carbons (Fsp3) is 0.118. The van der Waals surface area contributed by atoms with Gasteiger partial charge in [-0.15, -0.1) is 0 Å². The molecule has 1 amide bonds. The Morgan fingerprint density at radius 3 is 2.50 bits per heavy atom. The Hall–Kier alpha value is -2.67. The molecule has 0 aliphatic carbocycles. The minimum absolute atomic E-state index is 0.0799. The van der Waals surface area contributed by atoms with Gasteiger partial charge in [0, 0.05) is 7.05 Å². The number of carbonyl (C=O) groups excluding carboxylic acids is 1. The number of halogens is 1. The molecule has 0 fully saturated rings. The summed E-state index contributed by atoms with van der Waals surface area (Å²) in [4.78, 5) is 11.7. The zero-order valence-corrected chi connectivity index (χ0v) is 13.8. The van der Waals surface area contributed by atoms with Crippen molar-refractivity contribution in [2.24, 2.45) is 0 Å². The lowest BCUT2D eigenvalue weighted by Gasteiger charge is -2.21. The summed E-state index contributed by atoms with van der Waals surface area (Å²) in [5, 5.41) is 3.36. The lowest BCUT2D eigenvalue weighted by Crippen LogP contribution is -2.38. The monoisotopic (exact) mass is 348 g/mol. The maximum absolute atomic E-state index is 13.4. The highest BCUT2D eigenvalue weighted by Crippen LogP contribution is 2.20. The Balaban J connectivity index is 2.37. The van der Waals surface area contributed by atoms with Gasteiger partial charge in [-0.2, -0.15) is 0 Å². The van der Waals surface area contributed by atoms with Crippen molar-refractivity contribution in [2.75, 3.05) is 17.9 Å². The largest absolute Gasteiger partial charge is 0.358 e. The van der Waals surface area contributed by atoms with E-state index in [1.165, 1.54) is 31.3 Å². The van der Waals surface area contributed by atoms with Crippen LogP contribution in [0.3, 0.4) is 0 Å². The Labute approximate surface area is 140 Å². The van der Waals surface area contributed by atoms with Crippen LogP contribution in [0.5, 0.6) is 0 Å². The maximum atomic E-state index is 13.4. The summed E-state index contributed by atoms with van der Waals surface area (Å²) >= 11 is 0. The first-order valence-electron chi connectivity index (χ1n) is 7.14. The van der Waals surface area contributed by atoms with E-state index in [4.69, 9.17) is 0 Å². The standard InChI is InChI=1S/C17H17FN2O3S/c1-19-17(21)13-20(16-9-5-8-15(18)12-16)24(22,23)11-10-14-6-3-2-4-7-14/h2-12H,13H2,1H3,(H,19,21). The summed E-state index contributed by atoms with van der Waals surface area (Å²) < 4.78 is 39.5. The number of hydrogen-bond acceptors (Lipinski definition) is 3. The summed E-state index contributed by atoms with van der Waals surface area (Å²) in [6.45, 7) is -0.443. The molecule has 0 radical (unpaired) electrons. The van der Waals surface area contributed by atoms with E-state index in [0.29, 0.717) is 5.56 Å². The van der Waals surface area contributed by atoms with E-state index in [1.807, 2.05) is 6.07 Å². The first-order valence-corrected chi connectivity index (χ1v) is 8.65. The third-order valence-electron chi connectivity index (χ3n) is 3.20. The van der Waals surface area contributed by atoms with Crippen molar-refractivity contribution in [3.8, 4) is 0 Å². The summed E-state index contributed by atoms with van der Waals surface area (Å²) in [5.41, 5.74) is 0.775. The number of benzene rings is 2. The van der Waals surface area contributed by atoms with Gasteiger partial charge >= 0.3 is 0 Å². The Kier molecular flexibility index (Phi) is 5.70. The van der Waals surface area contributed by atoms with Crippen LogP contribution in [0.1, 0.15) is 5.56 Å². The molecule has 2 rings (SSSR count). The van der Waals surface area contributed by atoms with Crippen LogP contribution >= 0.6 is 0 Å². The second-order valence-corrected chi connectivity index (χ2v) is 6.66. The number of anilines is 1. The van der Waals surface area contributed by atoms with E-state index in [0.717, 1.165) is 15.8 Å². The molecule has 7 heteroatoms. The van der Waals surface area contributed by atoms with Crippen LogP contribution in [0.15, 0.2) is 60.0 Å². The predicted molar refractivity (Wildman–Crippen MR) is 92.2 cm³/mol. The second kappa shape index (κ2) is 7.74. The lowest BCUT2D eigenvalue weighted by atomic mass is 10.2. The Morgan fingerprint density at radius 2 is 1.88 bits per heavy atom. The highest BCUT2D eigenvalue weighted by atomic mass is 32.2. The van der Waals surface area contributed by atoms with Crippen molar-refractivity contribution < 1.29 is 17.6 Å². The summed E-state index contributed by atoms with van der Waals surface area (Å²) in [5.74, 6) is -1.09. The number of carbonyl (C=O) groups is 1. The van der Waals surface area contributed by atoms with Gasteiger partial charge in [0.2, 0.25) is 5.91 Å². The molecule has 0 aliphatic rings. The van der Waals surface area contributed by atoms with Gasteiger partial charge in [-0.05, 0) is 29.8 Å². The first kappa shape index (κ1) is 17.7. The fourth-order valence-corrected chi connectivity index (χ4v) is 3.15. The molecule has 5 nitrogen and oxygen atoms in total. The van der Waals surface area contributed by atoms with E-state index in [2.05, 4.69) is 5.32 Å². The molecule has 0 saturated carbocycles. The van der Waals surface area contributed by atoms with E-state index >= 15 is 0 Å². The van der Waals surface area contributed by atoms with Crippen LogP contribution in [0.2, 0.25) is 0 Å². The quantitative estimate of drug-likeness (QED) is 0.872. The zero-order chi connectivity index (χ0) is 17.6. The minimum Gasteiger partial charge on any atom is -0.358 e. The van der Waals surface area contributed by atoms with Crippen LogP contribution in [-0.2, 0) is 14.8 Å². The Bertz CT molecular complexity index is 836. The maximum Gasteiger partial charge on any atom is 0.257 e. The Morgan fingerprint density at radius 1 is 1.17 bits per heavy atom. The third-order valence-corrected chi connectivity index (χ3v) is 4.64. The normalized spacial score (nSPS) is 11.4. The number of sulfonamides is 1. The summed E-state index contributed by atoms with van der Waals surface area (Å²) in [6, 6.07) is 14.0. The van der Waals surface area contributed by atoms with Crippen LogP contribution in [-0.4, -0.2) is 27.9 Å². The van der Waals surface area contributed by atoms with Crippen molar-refractivity contribution in [1.29, 1.82) is 0 Å². The predicted octanol–water partition coefficient (Wildman–Crippen LogP) is 2.38. The van der Waals surface area contributed by atoms with E-state index in [-0.39, 0.29) is 5.69 Å². The fourth-order valence-electron chi connectivity index (χ4n) is 1.97. The zero-order valence-electron chi connectivity index (χ0n) is 13.0. The van der Waals surface area contributed by atoms with Gasteiger partial charge in [-0.1, -0.05) is 36.4 Å². The van der Waals surface area contributed by atoms with Crippen LogP contribution in [0.25, 0.3) is 6.08 Å². The van der Waals surface area contributed by atoms with Gasteiger partial charge in [-0.3, -0.25) is 9.10 Å². The number of likely N-dealkylation sites (N-methyl/N-ethyl adjacent to an activating group) is 1. The summed E-state index contributed by atoms with van der Waals surface area (Å²) in [6.07, 6.45) is 1.42. The average molecular weight is 348 g/mol. The molecule has 0 aromatic heterocycles. The number of nitrogens with one attached hydrogen (secondary N) is 1. The van der Waals surface area contributed by atoms with Crippen LogP contribution < -0.4 is 9.62 Å². The highest BCUT2D eigenvalue weighted by molar-refractivity contribution is 7.95. The van der Waals surface area contributed by atoms with Gasteiger partial charge in [0.1, 0.15) is 12.4 Å². The molecule has 0 bridgehead atoms. The average Bonchev–Trinajstić information content (AvgIpc) is 2.58. The van der Waals surface area contributed by atoms with Crippen molar-refractivity contribution >= 4 is 27.7 Å². The van der Waals surface area contributed by atoms with Gasteiger partial charge in [0.15, 0.2) is 0 Å². The van der Waals surface area contributed by atoms with Gasteiger partial charge in [0.05, 0.1) is 11.1 Å². The molecule has 0 atom stereocenters. The molecule has 0 spiro atoms. The highest BCUT2D eigenvalue weighted by Gasteiger charge is 2.22.